The topological polar surface area (TPSA) is 43.4 Å². The van der Waals surface area contributed by atoms with E-state index in [9.17, 15) is 8.42 Å². The molecule has 0 bridgehead atoms. The molecule has 3 nitrogen and oxygen atoms in total. The highest BCUT2D eigenvalue weighted by Gasteiger charge is 2.38. The van der Waals surface area contributed by atoms with Crippen LogP contribution in [-0.4, -0.2) is 20.8 Å². The van der Waals surface area contributed by atoms with Gasteiger partial charge in [0.05, 0.1) is 12.4 Å². The van der Waals surface area contributed by atoms with Gasteiger partial charge in [0, 0.05) is 16.1 Å². The second-order valence-corrected chi connectivity index (χ2v) is 8.70. The summed E-state index contributed by atoms with van der Waals surface area (Å²) < 4.78 is 28.7. The van der Waals surface area contributed by atoms with Gasteiger partial charge in [-0.05, 0) is 49.9 Å². The van der Waals surface area contributed by atoms with E-state index in [1.165, 1.54) is 11.1 Å². The van der Waals surface area contributed by atoms with E-state index >= 15 is 0 Å². The molecule has 1 aromatic carbocycles. The molecule has 0 N–H and O–H groups in total. The highest BCUT2D eigenvalue weighted by Crippen LogP contribution is 2.40. The molecule has 0 atom stereocenters. The molecule has 0 aliphatic heterocycles. The number of hydrogen-bond donors (Lipinski definition) is 0. The Kier molecular flexibility index (Phi) is 4.65. The summed E-state index contributed by atoms with van der Waals surface area (Å²) >= 11 is 0. The molecular formula is C15H21ClO3S. The van der Waals surface area contributed by atoms with Gasteiger partial charge in [-0.15, -0.1) is 0 Å². The molecule has 2 rings (SSSR count). The van der Waals surface area contributed by atoms with Gasteiger partial charge in [-0.25, -0.2) is 8.42 Å². The lowest BCUT2D eigenvalue weighted by molar-refractivity contribution is 0.171. The average Bonchev–Trinajstić information content (AvgIpc) is 2.77. The Morgan fingerprint density at radius 3 is 2.40 bits per heavy atom. The minimum Gasteiger partial charge on any atom is -0.493 e. The quantitative estimate of drug-likeness (QED) is 0.776. The molecule has 1 aliphatic rings. The number of benzene rings is 1. The van der Waals surface area contributed by atoms with Crippen molar-refractivity contribution in [3.05, 3.63) is 29.3 Å². The number of aryl methyl sites for hydroxylation is 2. The predicted octanol–water partition coefficient (Wildman–Crippen LogP) is 3.81. The molecule has 1 fully saturated rings. The maximum absolute atomic E-state index is 11.4. The normalized spacial score (nSPS) is 18.1. The lowest BCUT2D eigenvalue weighted by Gasteiger charge is -2.27. The average molecular weight is 317 g/mol. The minimum atomic E-state index is -3.49. The first-order chi connectivity index (χ1) is 9.30. The van der Waals surface area contributed by atoms with Crippen LogP contribution in [0.15, 0.2) is 18.2 Å². The Hall–Kier alpha value is -0.740. The third kappa shape index (κ3) is 4.13. The molecular weight excluding hydrogens is 296 g/mol. The highest BCUT2D eigenvalue weighted by atomic mass is 35.7. The predicted molar refractivity (Wildman–Crippen MR) is 82.0 cm³/mol. The monoisotopic (exact) mass is 316 g/mol. The van der Waals surface area contributed by atoms with Gasteiger partial charge in [0.15, 0.2) is 0 Å². The molecule has 5 heteroatoms. The van der Waals surface area contributed by atoms with Gasteiger partial charge in [-0.1, -0.05) is 18.9 Å². The highest BCUT2D eigenvalue weighted by molar-refractivity contribution is 8.13. The van der Waals surface area contributed by atoms with Crippen LogP contribution in [0.4, 0.5) is 0 Å². The first-order valence-electron chi connectivity index (χ1n) is 6.92. The third-order valence-corrected chi connectivity index (χ3v) is 5.45. The van der Waals surface area contributed by atoms with E-state index in [1.807, 2.05) is 25.1 Å². The molecule has 0 spiro atoms. The summed E-state index contributed by atoms with van der Waals surface area (Å²) in [6, 6.07) is 5.94. The molecule has 0 saturated heterocycles. The van der Waals surface area contributed by atoms with Crippen molar-refractivity contribution in [2.45, 2.75) is 39.5 Å². The fourth-order valence-electron chi connectivity index (χ4n) is 2.86. The van der Waals surface area contributed by atoms with Crippen molar-refractivity contribution >= 4 is 19.7 Å². The lowest BCUT2D eigenvalue weighted by Crippen LogP contribution is -2.32. The molecule has 1 aliphatic carbocycles. The van der Waals surface area contributed by atoms with Crippen molar-refractivity contribution < 1.29 is 13.2 Å². The Balaban J connectivity index is 2.07. The summed E-state index contributed by atoms with van der Waals surface area (Å²) in [4.78, 5) is 0. The standard InChI is InChI=1S/C15H21ClO3S/c1-12-5-6-14(9-13(12)2)19-10-15(7-3-4-8-15)11-20(16,17)18/h5-6,9H,3-4,7-8,10-11H2,1-2H3. The Labute approximate surface area is 125 Å². The van der Waals surface area contributed by atoms with Crippen LogP contribution in [0, 0.1) is 19.3 Å². The number of ether oxygens (including phenoxy) is 1. The fraction of sp³-hybridized carbons (Fsp3) is 0.600. The van der Waals surface area contributed by atoms with Crippen molar-refractivity contribution in [3.63, 3.8) is 0 Å². The fourth-order valence-corrected chi connectivity index (χ4v) is 4.66. The second kappa shape index (κ2) is 5.94. The van der Waals surface area contributed by atoms with E-state index in [2.05, 4.69) is 6.92 Å². The molecule has 20 heavy (non-hydrogen) atoms. The number of rotatable bonds is 5. The van der Waals surface area contributed by atoms with Crippen molar-refractivity contribution in [3.8, 4) is 5.75 Å². The molecule has 0 aromatic heterocycles. The van der Waals surface area contributed by atoms with Crippen molar-refractivity contribution in [1.82, 2.24) is 0 Å². The zero-order chi connectivity index (χ0) is 14.8. The SMILES string of the molecule is Cc1ccc(OCC2(CS(=O)(=O)Cl)CCCC2)cc1C. The smallest absolute Gasteiger partial charge is 0.233 e. The van der Waals surface area contributed by atoms with Crippen LogP contribution in [0.1, 0.15) is 36.8 Å². The van der Waals surface area contributed by atoms with Gasteiger partial charge in [0.2, 0.25) is 9.05 Å². The van der Waals surface area contributed by atoms with E-state index in [-0.39, 0.29) is 11.2 Å². The molecule has 0 heterocycles. The largest absolute Gasteiger partial charge is 0.493 e. The zero-order valence-corrected chi connectivity index (χ0v) is 13.6. The van der Waals surface area contributed by atoms with Crippen molar-refractivity contribution in [2.75, 3.05) is 12.4 Å². The second-order valence-electron chi connectivity index (χ2n) is 5.93. The van der Waals surface area contributed by atoms with E-state index < -0.39 is 9.05 Å². The van der Waals surface area contributed by atoms with Crippen LogP contribution in [-0.2, 0) is 9.05 Å². The molecule has 0 amide bonds. The molecule has 0 unspecified atom stereocenters. The number of halogens is 1. The molecule has 112 valence electrons. The van der Waals surface area contributed by atoms with Crippen LogP contribution >= 0.6 is 10.7 Å². The summed E-state index contributed by atoms with van der Waals surface area (Å²) in [6.45, 7) is 4.51. The van der Waals surface area contributed by atoms with Crippen LogP contribution in [0.2, 0.25) is 0 Å². The number of hydrogen-bond acceptors (Lipinski definition) is 3. The van der Waals surface area contributed by atoms with E-state index in [1.54, 1.807) is 0 Å². The minimum absolute atomic E-state index is 0.00635. The van der Waals surface area contributed by atoms with Gasteiger partial charge in [-0.3, -0.25) is 0 Å². The van der Waals surface area contributed by atoms with Gasteiger partial charge < -0.3 is 4.74 Å². The summed E-state index contributed by atoms with van der Waals surface area (Å²) in [7, 11) is 1.95. The summed E-state index contributed by atoms with van der Waals surface area (Å²) in [5.74, 6) is 0.804. The van der Waals surface area contributed by atoms with Crippen LogP contribution < -0.4 is 4.74 Å². The lowest BCUT2D eigenvalue weighted by atomic mass is 9.90. The summed E-state index contributed by atoms with van der Waals surface area (Å²) in [5.41, 5.74) is 2.07. The van der Waals surface area contributed by atoms with Gasteiger partial charge in [0.25, 0.3) is 0 Å². The van der Waals surface area contributed by atoms with Gasteiger partial charge >= 0.3 is 0 Å². The van der Waals surface area contributed by atoms with Crippen molar-refractivity contribution in [2.24, 2.45) is 5.41 Å². The molecule has 1 saturated carbocycles. The maximum atomic E-state index is 11.4. The third-order valence-electron chi connectivity index (χ3n) is 4.17. The van der Waals surface area contributed by atoms with Crippen molar-refractivity contribution in [1.29, 1.82) is 0 Å². The summed E-state index contributed by atoms with van der Waals surface area (Å²) in [6.07, 6.45) is 3.82. The van der Waals surface area contributed by atoms with E-state index in [0.29, 0.717) is 6.61 Å². The first kappa shape index (κ1) is 15.6. The Morgan fingerprint density at radius 2 is 1.85 bits per heavy atom. The summed E-state index contributed by atoms with van der Waals surface area (Å²) in [5, 5.41) is 0. The molecule has 0 radical (unpaired) electrons. The van der Waals surface area contributed by atoms with Crippen LogP contribution in [0.5, 0.6) is 5.75 Å². The van der Waals surface area contributed by atoms with Crippen LogP contribution in [0.3, 0.4) is 0 Å². The van der Waals surface area contributed by atoms with Gasteiger partial charge in [0.1, 0.15) is 5.75 Å². The zero-order valence-electron chi connectivity index (χ0n) is 12.0. The maximum Gasteiger partial charge on any atom is 0.233 e. The first-order valence-corrected chi connectivity index (χ1v) is 9.40. The van der Waals surface area contributed by atoms with E-state index in [4.69, 9.17) is 15.4 Å². The van der Waals surface area contributed by atoms with E-state index in [0.717, 1.165) is 31.4 Å². The van der Waals surface area contributed by atoms with Gasteiger partial charge in [-0.2, -0.15) is 0 Å². The molecule has 1 aromatic rings. The van der Waals surface area contributed by atoms with Crippen LogP contribution in [0.25, 0.3) is 0 Å². The Morgan fingerprint density at radius 1 is 1.20 bits per heavy atom. The Bertz CT molecular complexity index is 575.